The largest absolute Gasteiger partial charge is 0.463 e. The van der Waals surface area contributed by atoms with Crippen molar-refractivity contribution >= 4 is 27.8 Å². The molecule has 0 spiro atoms. The predicted octanol–water partition coefficient (Wildman–Crippen LogP) is 2.40. The number of amides is 1. The summed E-state index contributed by atoms with van der Waals surface area (Å²) in [5.74, 6) is -0.369. The van der Waals surface area contributed by atoms with Crippen LogP contribution in [0.3, 0.4) is 0 Å². The zero-order valence-corrected chi connectivity index (χ0v) is 13.2. The standard InChI is InChI=1S/C15H15BrN2O3/c1-2-21-15(20)11-9-18-13(19)7-8-17(18)14(11)10-5-3-4-6-12(10)16/h3-6,9,14H,2,7-8H2,1H3. The van der Waals surface area contributed by atoms with Gasteiger partial charge in [0.15, 0.2) is 0 Å². The first kappa shape index (κ1) is 14.3. The Bertz CT molecular complexity index is 629. The van der Waals surface area contributed by atoms with Crippen LogP contribution >= 0.6 is 15.9 Å². The number of hydrogen-bond acceptors (Lipinski definition) is 4. The monoisotopic (exact) mass is 350 g/mol. The summed E-state index contributed by atoms with van der Waals surface area (Å²) in [5.41, 5.74) is 1.45. The fourth-order valence-corrected chi connectivity index (χ4v) is 3.24. The molecule has 1 saturated heterocycles. The van der Waals surface area contributed by atoms with Crippen LogP contribution < -0.4 is 0 Å². The quantitative estimate of drug-likeness (QED) is 0.785. The molecular weight excluding hydrogens is 336 g/mol. The molecule has 1 aromatic carbocycles. The van der Waals surface area contributed by atoms with Gasteiger partial charge in [-0.1, -0.05) is 34.1 Å². The van der Waals surface area contributed by atoms with Crippen LogP contribution in [0.1, 0.15) is 24.9 Å². The lowest BCUT2D eigenvalue weighted by Gasteiger charge is -2.27. The van der Waals surface area contributed by atoms with Crippen molar-refractivity contribution in [2.75, 3.05) is 13.2 Å². The van der Waals surface area contributed by atoms with E-state index in [-0.39, 0.29) is 17.9 Å². The summed E-state index contributed by atoms with van der Waals surface area (Å²) in [6.45, 7) is 2.68. The van der Waals surface area contributed by atoms with Crippen molar-refractivity contribution in [2.45, 2.75) is 19.4 Å². The van der Waals surface area contributed by atoms with E-state index in [1.807, 2.05) is 29.3 Å². The Morgan fingerprint density at radius 3 is 2.90 bits per heavy atom. The Kier molecular flexibility index (Phi) is 3.82. The number of fused-ring (bicyclic) bond motifs is 1. The first-order chi connectivity index (χ1) is 10.1. The van der Waals surface area contributed by atoms with Gasteiger partial charge in [0.1, 0.15) is 0 Å². The lowest BCUT2D eigenvalue weighted by Crippen LogP contribution is -2.33. The molecule has 110 valence electrons. The molecule has 0 radical (unpaired) electrons. The number of carbonyl (C=O) groups excluding carboxylic acids is 2. The van der Waals surface area contributed by atoms with Crippen LogP contribution in [0.15, 0.2) is 40.5 Å². The van der Waals surface area contributed by atoms with Gasteiger partial charge in [-0.15, -0.1) is 0 Å². The van der Waals surface area contributed by atoms with E-state index in [2.05, 4.69) is 15.9 Å². The van der Waals surface area contributed by atoms with Crippen LogP contribution in [-0.4, -0.2) is 35.0 Å². The van der Waals surface area contributed by atoms with E-state index in [1.54, 1.807) is 13.1 Å². The van der Waals surface area contributed by atoms with Crippen molar-refractivity contribution in [3.63, 3.8) is 0 Å². The van der Waals surface area contributed by atoms with E-state index in [4.69, 9.17) is 4.74 Å². The fraction of sp³-hybridized carbons (Fsp3) is 0.333. The van der Waals surface area contributed by atoms with E-state index in [9.17, 15) is 9.59 Å². The van der Waals surface area contributed by atoms with Gasteiger partial charge in [-0.25, -0.2) is 14.8 Å². The highest BCUT2D eigenvalue weighted by Gasteiger charge is 2.44. The van der Waals surface area contributed by atoms with Gasteiger partial charge in [0.25, 0.3) is 0 Å². The van der Waals surface area contributed by atoms with Crippen LogP contribution in [0.25, 0.3) is 0 Å². The van der Waals surface area contributed by atoms with Gasteiger partial charge < -0.3 is 4.74 Å². The summed E-state index contributed by atoms with van der Waals surface area (Å²) in [7, 11) is 0. The second-order valence-electron chi connectivity index (χ2n) is 4.88. The second-order valence-corrected chi connectivity index (χ2v) is 5.73. The SMILES string of the molecule is CCOC(=O)C1=CN2C(=O)CCN2C1c1ccccc1Br. The van der Waals surface area contributed by atoms with Gasteiger partial charge in [-0.3, -0.25) is 4.79 Å². The summed E-state index contributed by atoms with van der Waals surface area (Å²) in [6.07, 6.45) is 2.07. The number of hydrazine groups is 1. The number of ether oxygens (including phenoxy) is 1. The normalized spacial score (nSPS) is 21.4. The molecule has 2 heterocycles. The average molecular weight is 351 g/mol. The Balaban J connectivity index is 2.03. The summed E-state index contributed by atoms with van der Waals surface area (Å²) < 4.78 is 6.04. The molecule has 0 bridgehead atoms. The Hall–Kier alpha value is -1.66. The van der Waals surface area contributed by atoms with Gasteiger partial charge in [-0.05, 0) is 18.6 Å². The zero-order valence-electron chi connectivity index (χ0n) is 11.6. The van der Waals surface area contributed by atoms with Crippen molar-refractivity contribution in [3.05, 3.63) is 46.1 Å². The Morgan fingerprint density at radius 1 is 1.43 bits per heavy atom. The molecule has 0 N–H and O–H groups in total. The van der Waals surface area contributed by atoms with Crippen molar-refractivity contribution < 1.29 is 14.3 Å². The van der Waals surface area contributed by atoms with Crippen LogP contribution in [0.5, 0.6) is 0 Å². The third kappa shape index (κ3) is 2.38. The van der Waals surface area contributed by atoms with Crippen molar-refractivity contribution in [1.29, 1.82) is 0 Å². The summed E-state index contributed by atoms with van der Waals surface area (Å²) in [4.78, 5) is 24.1. The highest BCUT2D eigenvalue weighted by Crippen LogP contribution is 2.41. The molecule has 21 heavy (non-hydrogen) atoms. The predicted molar refractivity (Wildman–Crippen MR) is 79.8 cm³/mol. The fourth-order valence-electron chi connectivity index (χ4n) is 2.74. The summed E-state index contributed by atoms with van der Waals surface area (Å²) >= 11 is 3.52. The minimum atomic E-state index is -0.375. The molecule has 1 amide bonds. The maximum Gasteiger partial charge on any atom is 0.337 e. The smallest absolute Gasteiger partial charge is 0.337 e. The number of benzene rings is 1. The Labute approximate surface area is 131 Å². The molecule has 1 fully saturated rings. The number of rotatable bonds is 3. The highest BCUT2D eigenvalue weighted by molar-refractivity contribution is 9.10. The lowest BCUT2D eigenvalue weighted by molar-refractivity contribution is -0.139. The van der Waals surface area contributed by atoms with E-state index < -0.39 is 0 Å². The van der Waals surface area contributed by atoms with Gasteiger partial charge in [0.2, 0.25) is 5.91 Å². The number of nitrogens with zero attached hydrogens (tertiary/aromatic N) is 2. The average Bonchev–Trinajstić information content (AvgIpc) is 3.00. The summed E-state index contributed by atoms with van der Waals surface area (Å²) in [6, 6.07) is 7.44. The number of halogens is 1. The van der Waals surface area contributed by atoms with Crippen molar-refractivity contribution in [3.8, 4) is 0 Å². The molecule has 5 nitrogen and oxygen atoms in total. The van der Waals surface area contributed by atoms with E-state index in [0.29, 0.717) is 25.1 Å². The third-order valence-electron chi connectivity index (χ3n) is 3.65. The van der Waals surface area contributed by atoms with Crippen LogP contribution in [0.4, 0.5) is 0 Å². The van der Waals surface area contributed by atoms with Crippen LogP contribution in [-0.2, 0) is 14.3 Å². The maximum absolute atomic E-state index is 12.2. The molecule has 0 saturated carbocycles. The second kappa shape index (κ2) is 5.61. The molecular formula is C15H15BrN2O3. The molecule has 2 aliphatic rings. The topological polar surface area (TPSA) is 49.9 Å². The van der Waals surface area contributed by atoms with Gasteiger partial charge in [0, 0.05) is 23.6 Å². The van der Waals surface area contributed by atoms with E-state index in [1.165, 1.54) is 5.01 Å². The lowest BCUT2D eigenvalue weighted by atomic mass is 9.99. The van der Waals surface area contributed by atoms with Gasteiger partial charge in [-0.2, -0.15) is 0 Å². The van der Waals surface area contributed by atoms with Crippen molar-refractivity contribution in [1.82, 2.24) is 10.0 Å². The van der Waals surface area contributed by atoms with Gasteiger partial charge in [0.05, 0.1) is 18.2 Å². The molecule has 1 unspecified atom stereocenters. The third-order valence-corrected chi connectivity index (χ3v) is 4.37. The van der Waals surface area contributed by atoms with E-state index in [0.717, 1.165) is 10.0 Å². The molecule has 2 aliphatic heterocycles. The molecule has 0 aromatic heterocycles. The first-order valence-electron chi connectivity index (χ1n) is 6.85. The molecule has 1 atom stereocenters. The maximum atomic E-state index is 12.2. The number of esters is 1. The summed E-state index contributed by atoms with van der Waals surface area (Å²) in [5, 5.41) is 3.45. The van der Waals surface area contributed by atoms with Crippen molar-refractivity contribution in [2.24, 2.45) is 0 Å². The number of hydrogen-bond donors (Lipinski definition) is 0. The minimum absolute atomic E-state index is 0.00588. The van der Waals surface area contributed by atoms with Crippen LogP contribution in [0, 0.1) is 0 Å². The van der Waals surface area contributed by atoms with E-state index >= 15 is 0 Å². The minimum Gasteiger partial charge on any atom is -0.463 e. The number of carbonyl (C=O) groups is 2. The molecule has 1 aromatic rings. The zero-order chi connectivity index (χ0) is 15.0. The molecule has 3 rings (SSSR count). The molecule has 0 aliphatic carbocycles. The Morgan fingerprint density at radius 2 is 2.19 bits per heavy atom. The first-order valence-corrected chi connectivity index (χ1v) is 7.64. The highest BCUT2D eigenvalue weighted by atomic mass is 79.9. The van der Waals surface area contributed by atoms with Crippen LogP contribution in [0.2, 0.25) is 0 Å². The van der Waals surface area contributed by atoms with Gasteiger partial charge >= 0.3 is 5.97 Å². The molecule has 6 heteroatoms.